The molecule has 160 valence electrons. The maximum absolute atomic E-state index is 12.3. The van der Waals surface area contributed by atoms with E-state index in [-0.39, 0.29) is 18.1 Å². The van der Waals surface area contributed by atoms with E-state index in [0.717, 1.165) is 12.8 Å². The maximum atomic E-state index is 12.3. The molecule has 2 amide bonds. The van der Waals surface area contributed by atoms with Gasteiger partial charge in [-0.25, -0.2) is 9.59 Å². The molecule has 3 atom stereocenters. The summed E-state index contributed by atoms with van der Waals surface area (Å²) >= 11 is 0. The fourth-order valence-electron chi connectivity index (χ4n) is 3.04. The van der Waals surface area contributed by atoms with Gasteiger partial charge >= 0.3 is 11.7 Å². The van der Waals surface area contributed by atoms with Gasteiger partial charge in [0.1, 0.15) is 12.0 Å². The topological polar surface area (TPSA) is 85.2 Å². The molecule has 3 unspecified atom stereocenters. The first kappa shape index (κ1) is 24.4. The molecule has 1 aliphatic rings. The van der Waals surface area contributed by atoms with Crippen molar-refractivity contribution < 1.29 is 9.53 Å². The van der Waals surface area contributed by atoms with E-state index in [1.54, 1.807) is 24.4 Å². The van der Waals surface area contributed by atoms with Gasteiger partial charge in [-0.3, -0.25) is 9.88 Å². The van der Waals surface area contributed by atoms with Gasteiger partial charge in [-0.05, 0) is 37.0 Å². The number of carbonyl (C=O) groups excluding carboxylic acids is 1. The molecule has 3 rings (SSSR count). The van der Waals surface area contributed by atoms with Gasteiger partial charge in [-0.1, -0.05) is 59.7 Å². The van der Waals surface area contributed by atoms with Gasteiger partial charge in [-0.15, -0.1) is 0 Å². The normalized spacial score (nSPS) is 19.9. The summed E-state index contributed by atoms with van der Waals surface area (Å²) in [5, 5.41) is 5.24. The predicted octanol–water partition coefficient (Wildman–Crippen LogP) is 5.27. The molecule has 2 heterocycles. The molecule has 1 aliphatic heterocycles. The van der Waals surface area contributed by atoms with E-state index in [4.69, 9.17) is 4.74 Å². The van der Waals surface area contributed by atoms with Gasteiger partial charge in [0.25, 0.3) is 0 Å². The van der Waals surface area contributed by atoms with Crippen LogP contribution in [0.25, 0.3) is 0 Å². The highest BCUT2D eigenvalue weighted by Gasteiger charge is 2.32. The third kappa shape index (κ3) is 7.02. The molecule has 1 fully saturated rings. The fraction of sp³-hybridized carbons (Fsp3) is 0.500. The lowest BCUT2D eigenvalue weighted by atomic mass is 10.0. The highest BCUT2D eigenvalue weighted by molar-refractivity contribution is 5.99. The van der Waals surface area contributed by atoms with E-state index in [9.17, 15) is 9.59 Å². The van der Waals surface area contributed by atoms with Crippen molar-refractivity contribution in [3.05, 3.63) is 53.1 Å². The number of aromatic nitrogens is 2. The molecule has 29 heavy (non-hydrogen) atoms. The number of rotatable bonds is 4. The van der Waals surface area contributed by atoms with E-state index >= 15 is 0 Å². The van der Waals surface area contributed by atoms with Crippen molar-refractivity contribution in [2.45, 2.75) is 66.7 Å². The average Bonchev–Trinajstić information content (AvgIpc) is 3.12. The standard InChI is InChI=1S/C18H22N4O3.2C2H6/c1-3-14-12(2)11-16(25-14)22-10-9-15(21-18(22)24)20-17(23)19-13-7-5-4-6-8-13;2*1-2/h4-10,12,14,16H,3,11H2,1-2H3,(H2,19,20,21,23,24);2*1-2H3. The molecule has 1 aromatic carbocycles. The summed E-state index contributed by atoms with van der Waals surface area (Å²) in [5.41, 5.74) is 0.221. The Hall–Kier alpha value is -2.67. The van der Waals surface area contributed by atoms with Gasteiger partial charge in [0, 0.05) is 11.9 Å². The summed E-state index contributed by atoms with van der Waals surface area (Å²) in [7, 11) is 0. The van der Waals surface area contributed by atoms with Crippen molar-refractivity contribution in [1.29, 1.82) is 0 Å². The number of para-hydroxylation sites is 1. The zero-order chi connectivity index (χ0) is 21.8. The Morgan fingerprint density at radius 1 is 1.14 bits per heavy atom. The van der Waals surface area contributed by atoms with Crippen LogP contribution in [0, 0.1) is 5.92 Å². The van der Waals surface area contributed by atoms with Gasteiger partial charge in [0.15, 0.2) is 0 Å². The Bertz CT molecular complexity index is 792. The van der Waals surface area contributed by atoms with Crippen molar-refractivity contribution in [3.63, 3.8) is 0 Å². The van der Waals surface area contributed by atoms with Crippen LogP contribution in [0.15, 0.2) is 47.4 Å². The van der Waals surface area contributed by atoms with Crippen LogP contribution in [0.1, 0.15) is 60.6 Å². The molecular weight excluding hydrogens is 368 g/mol. The Morgan fingerprint density at radius 3 is 2.34 bits per heavy atom. The van der Waals surface area contributed by atoms with Crippen LogP contribution >= 0.6 is 0 Å². The smallest absolute Gasteiger partial charge is 0.351 e. The molecule has 7 nitrogen and oxygen atoms in total. The second kappa shape index (κ2) is 12.7. The third-order valence-corrected chi connectivity index (χ3v) is 4.36. The number of nitrogens with one attached hydrogen (secondary N) is 2. The average molecular weight is 403 g/mol. The van der Waals surface area contributed by atoms with Crippen LogP contribution in [-0.2, 0) is 4.74 Å². The number of hydrogen-bond donors (Lipinski definition) is 2. The minimum absolute atomic E-state index is 0.159. The van der Waals surface area contributed by atoms with E-state index in [1.807, 2.05) is 45.9 Å². The highest BCUT2D eigenvalue weighted by atomic mass is 16.5. The minimum Gasteiger partial charge on any atom is -0.354 e. The van der Waals surface area contributed by atoms with Crippen LogP contribution < -0.4 is 16.3 Å². The Kier molecular flexibility index (Phi) is 10.7. The fourth-order valence-corrected chi connectivity index (χ4v) is 3.04. The zero-order valence-electron chi connectivity index (χ0n) is 18.3. The lowest BCUT2D eigenvalue weighted by Crippen LogP contribution is -2.29. The van der Waals surface area contributed by atoms with Crippen LogP contribution in [-0.4, -0.2) is 21.7 Å². The number of benzene rings is 1. The second-order valence-electron chi connectivity index (χ2n) is 6.20. The molecule has 0 bridgehead atoms. The van der Waals surface area contributed by atoms with Gasteiger partial charge in [0.05, 0.1) is 6.10 Å². The number of nitrogens with zero attached hydrogens (tertiary/aromatic N) is 2. The van der Waals surface area contributed by atoms with Crippen molar-refractivity contribution in [1.82, 2.24) is 9.55 Å². The van der Waals surface area contributed by atoms with Crippen LogP contribution in [0.4, 0.5) is 16.3 Å². The van der Waals surface area contributed by atoms with E-state index < -0.39 is 11.7 Å². The Morgan fingerprint density at radius 2 is 1.79 bits per heavy atom. The largest absolute Gasteiger partial charge is 0.354 e. The summed E-state index contributed by atoms with van der Waals surface area (Å²) < 4.78 is 7.39. The minimum atomic E-state index is -0.451. The van der Waals surface area contributed by atoms with Gasteiger partial charge < -0.3 is 10.1 Å². The molecule has 2 aromatic rings. The highest BCUT2D eigenvalue weighted by Crippen LogP contribution is 2.33. The van der Waals surface area contributed by atoms with Crippen molar-refractivity contribution in [3.8, 4) is 0 Å². The van der Waals surface area contributed by atoms with Gasteiger partial charge in [-0.2, -0.15) is 4.98 Å². The van der Waals surface area contributed by atoms with E-state index in [2.05, 4.69) is 29.5 Å². The van der Waals surface area contributed by atoms with Crippen molar-refractivity contribution in [2.24, 2.45) is 5.92 Å². The first-order chi connectivity index (χ1) is 14.1. The Balaban J connectivity index is 0.000000989. The summed E-state index contributed by atoms with van der Waals surface area (Å²) in [5.74, 6) is 0.601. The summed E-state index contributed by atoms with van der Waals surface area (Å²) in [6.07, 6.45) is 3.17. The first-order valence-electron chi connectivity index (χ1n) is 10.4. The molecule has 0 radical (unpaired) electrons. The molecule has 1 saturated heterocycles. The zero-order valence-corrected chi connectivity index (χ0v) is 18.3. The molecule has 7 heteroatoms. The van der Waals surface area contributed by atoms with Crippen molar-refractivity contribution in [2.75, 3.05) is 10.6 Å². The van der Waals surface area contributed by atoms with E-state index in [1.165, 1.54) is 4.57 Å². The number of hydrogen-bond acceptors (Lipinski definition) is 4. The quantitative estimate of drug-likeness (QED) is 0.729. The third-order valence-electron chi connectivity index (χ3n) is 4.36. The summed E-state index contributed by atoms with van der Waals surface area (Å²) in [6.45, 7) is 12.2. The lowest BCUT2D eigenvalue weighted by molar-refractivity contribution is -0.00747. The van der Waals surface area contributed by atoms with Crippen LogP contribution in [0.2, 0.25) is 0 Å². The SMILES string of the molecule is CC.CC.CCC1OC(n2ccc(NC(=O)Nc3ccccc3)nc2=O)CC1C. The van der Waals surface area contributed by atoms with Crippen molar-refractivity contribution >= 4 is 17.5 Å². The monoisotopic (exact) mass is 402 g/mol. The number of carbonyl (C=O) groups is 1. The predicted molar refractivity (Wildman–Crippen MR) is 118 cm³/mol. The summed E-state index contributed by atoms with van der Waals surface area (Å²) in [4.78, 5) is 28.2. The number of anilines is 2. The van der Waals surface area contributed by atoms with E-state index in [0.29, 0.717) is 11.6 Å². The second-order valence-corrected chi connectivity index (χ2v) is 6.20. The van der Waals surface area contributed by atoms with Crippen LogP contribution in [0.5, 0.6) is 0 Å². The van der Waals surface area contributed by atoms with Gasteiger partial charge in [0.2, 0.25) is 0 Å². The maximum Gasteiger partial charge on any atom is 0.351 e. The number of amides is 2. The van der Waals surface area contributed by atoms with Crippen LogP contribution in [0.3, 0.4) is 0 Å². The number of urea groups is 1. The lowest BCUT2D eigenvalue weighted by Gasteiger charge is -2.15. The molecular formula is C22H34N4O3. The molecule has 0 aliphatic carbocycles. The Labute approximate surface area is 173 Å². The molecule has 1 aromatic heterocycles. The molecule has 0 spiro atoms. The number of ether oxygens (including phenoxy) is 1. The first-order valence-corrected chi connectivity index (χ1v) is 10.4. The summed E-state index contributed by atoms with van der Waals surface area (Å²) in [6, 6.07) is 10.2. The molecule has 2 N–H and O–H groups in total. The molecule has 0 saturated carbocycles.